The molecule has 3 nitrogen and oxygen atoms in total. The molecule has 1 fully saturated rings. The first-order valence-electron chi connectivity index (χ1n) is 6.16. The zero-order chi connectivity index (χ0) is 11.1. The number of hydrogen-bond donors (Lipinski definition) is 2. The van der Waals surface area contributed by atoms with Gasteiger partial charge in [-0.05, 0) is 26.2 Å². The Morgan fingerprint density at radius 3 is 2.47 bits per heavy atom. The maximum atomic E-state index is 11.5. The highest BCUT2D eigenvalue weighted by atomic mass is 16.3. The highest BCUT2D eigenvalue weighted by molar-refractivity contribution is 5.76. The van der Waals surface area contributed by atoms with Gasteiger partial charge in [0.1, 0.15) is 0 Å². The van der Waals surface area contributed by atoms with Crippen LogP contribution in [0.2, 0.25) is 0 Å². The summed E-state index contributed by atoms with van der Waals surface area (Å²) in [5.74, 6) is 0.0998. The van der Waals surface area contributed by atoms with E-state index >= 15 is 0 Å². The summed E-state index contributed by atoms with van der Waals surface area (Å²) in [5, 5.41) is 12.1. The molecule has 3 heteroatoms. The first-order valence-corrected chi connectivity index (χ1v) is 6.16. The van der Waals surface area contributed by atoms with E-state index in [1.54, 1.807) is 6.92 Å². The monoisotopic (exact) mass is 213 g/mol. The summed E-state index contributed by atoms with van der Waals surface area (Å²) in [6.45, 7) is 1.72. The second kappa shape index (κ2) is 6.83. The average molecular weight is 213 g/mol. The van der Waals surface area contributed by atoms with Gasteiger partial charge in [-0.25, -0.2) is 0 Å². The minimum absolute atomic E-state index is 0.0998. The molecule has 0 radical (unpaired) electrons. The summed E-state index contributed by atoms with van der Waals surface area (Å²) in [5.41, 5.74) is 0. The van der Waals surface area contributed by atoms with Crippen LogP contribution in [0, 0.1) is 0 Å². The molecule has 15 heavy (non-hydrogen) atoms. The number of carbonyl (C=O) groups excluding carboxylic acids is 1. The van der Waals surface area contributed by atoms with E-state index in [0.717, 1.165) is 12.8 Å². The Hall–Kier alpha value is -0.570. The molecule has 0 aromatic rings. The Morgan fingerprint density at radius 2 is 1.93 bits per heavy atom. The summed E-state index contributed by atoms with van der Waals surface area (Å²) < 4.78 is 0. The van der Waals surface area contributed by atoms with Crippen LogP contribution in [0.3, 0.4) is 0 Å². The van der Waals surface area contributed by atoms with Gasteiger partial charge < -0.3 is 10.4 Å². The predicted octanol–water partition coefficient (Wildman–Crippen LogP) is 1.99. The number of hydrogen-bond acceptors (Lipinski definition) is 2. The van der Waals surface area contributed by atoms with Crippen molar-refractivity contribution in [2.24, 2.45) is 0 Å². The van der Waals surface area contributed by atoms with E-state index in [1.165, 1.54) is 25.7 Å². The molecule has 1 rings (SSSR count). The second-order valence-electron chi connectivity index (χ2n) is 4.64. The molecule has 0 spiro atoms. The molecule has 1 unspecified atom stereocenters. The fourth-order valence-corrected chi connectivity index (χ4v) is 2.06. The first-order chi connectivity index (χ1) is 7.18. The summed E-state index contributed by atoms with van der Waals surface area (Å²) >= 11 is 0. The largest absolute Gasteiger partial charge is 0.393 e. The molecule has 0 heterocycles. The molecular weight excluding hydrogens is 190 g/mol. The molecule has 1 saturated carbocycles. The van der Waals surface area contributed by atoms with Gasteiger partial charge in [0.25, 0.3) is 0 Å². The van der Waals surface area contributed by atoms with Gasteiger partial charge in [0.15, 0.2) is 0 Å². The van der Waals surface area contributed by atoms with Gasteiger partial charge in [0.05, 0.1) is 6.10 Å². The Balaban J connectivity index is 2.17. The molecule has 0 bridgehead atoms. The van der Waals surface area contributed by atoms with Crippen molar-refractivity contribution in [2.75, 3.05) is 0 Å². The minimum Gasteiger partial charge on any atom is -0.393 e. The SMILES string of the molecule is CC(O)CCC(=O)NC1CCCCCC1. The normalized spacial score (nSPS) is 20.7. The average Bonchev–Trinajstić information content (AvgIpc) is 2.43. The highest BCUT2D eigenvalue weighted by Crippen LogP contribution is 2.17. The molecule has 2 N–H and O–H groups in total. The standard InChI is InChI=1S/C12H23NO2/c1-10(14)8-9-12(15)13-11-6-4-2-3-5-7-11/h10-11,14H,2-9H2,1H3,(H,13,15). The van der Waals surface area contributed by atoms with Gasteiger partial charge in [0, 0.05) is 12.5 Å². The van der Waals surface area contributed by atoms with Gasteiger partial charge in [-0.1, -0.05) is 25.7 Å². The van der Waals surface area contributed by atoms with E-state index in [1.807, 2.05) is 0 Å². The number of aliphatic hydroxyl groups is 1. The Bertz CT molecular complexity index is 184. The lowest BCUT2D eigenvalue weighted by molar-refractivity contribution is -0.122. The quantitative estimate of drug-likeness (QED) is 0.702. The number of amides is 1. The Kier molecular flexibility index (Phi) is 5.69. The lowest BCUT2D eigenvalue weighted by atomic mass is 10.1. The zero-order valence-electron chi connectivity index (χ0n) is 9.67. The van der Waals surface area contributed by atoms with Crippen LogP contribution in [0.4, 0.5) is 0 Å². The molecular formula is C12H23NO2. The van der Waals surface area contributed by atoms with Crippen LogP contribution in [0.15, 0.2) is 0 Å². The summed E-state index contributed by atoms with van der Waals surface area (Å²) in [6.07, 6.45) is 7.99. The van der Waals surface area contributed by atoms with E-state index in [0.29, 0.717) is 18.9 Å². The molecule has 0 aromatic heterocycles. The minimum atomic E-state index is -0.370. The zero-order valence-corrected chi connectivity index (χ0v) is 9.67. The Labute approximate surface area is 92.3 Å². The lowest BCUT2D eigenvalue weighted by Gasteiger charge is -2.16. The molecule has 0 aromatic carbocycles. The topological polar surface area (TPSA) is 49.3 Å². The number of aliphatic hydroxyl groups excluding tert-OH is 1. The Morgan fingerprint density at radius 1 is 1.33 bits per heavy atom. The smallest absolute Gasteiger partial charge is 0.220 e. The van der Waals surface area contributed by atoms with Crippen molar-refractivity contribution >= 4 is 5.91 Å². The highest BCUT2D eigenvalue weighted by Gasteiger charge is 2.14. The summed E-state index contributed by atoms with van der Waals surface area (Å²) in [4.78, 5) is 11.5. The van der Waals surface area contributed by atoms with Gasteiger partial charge in [0.2, 0.25) is 5.91 Å². The van der Waals surface area contributed by atoms with Crippen molar-refractivity contribution in [3.05, 3.63) is 0 Å². The molecule has 0 aliphatic heterocycles. The number of nitrogens with one attached hydrogen (secondary N) is 1. The molecule has 1 amide bonds. The number of carbonyl (C=O) groups is 1. The maximum Gasteiger partial charge on any atom is 0.220 e. The van der Waals surface area contributed by atoms with E-state index in [9.17, 15) is 4.79 Å². The number of rotatable bonds is 4. The van der Waals surface area contributed by atoms with Crippen molar-refractivity contribution in [2.45, 2.75) is 70.4 Å². The fraction of sp³-hybridized carbons (Fsp3) is 0.917. The van der Waals surface area contributed by atoms with Crippen molar-refractivity contribution in [1.29, 1.82) is 0 Å². The van der Waals surface area contributed by atoms with Crippen LogP contribution in [0.25, 0.3) is 0 Å². The van der Waals surface area contributed by atoms with Crippen molar-refractivity contribution < 1.29 is 9.90 Å². The van der Waals surface area contributed by atoms with Gasteiger partial charge in [-0.3, -0.25) is 4.79 Å². The third-order valence-corrected chi connectivity index (χ3v) is 3.01. The van der Waals surface area contributed by atoms with Crippen LogP contribution in [-0.4, -0.2) is 23.2 Å². The summed E-state index contributed by atoms with van der Waals surface area (Å²) in [7, 11) is 0. The third-order valence-electron chi connectivity index (χ3n) is 3.01. The van der Waals surface area contributed by atoms with Crippen molar-refractivity contribution in [3.63, 3.8) is 0 Å². The van der Waals surface area contributed by atoms with Crippen LogP contribution >= 0.6 is 0 Å². The van der Waals surface area contributed by atoms with E-state index < -0.39 is 0 Å². The molecule has 1 aliphatic rings. The first kappa shape index (κ1) is 12.5. The van der Waals surface area contributed by atoms with Gasteiger partial charge in [-0.15, -0.1) is 0 Å². The van der Waals surface area contributed by atoms with Gasteiger partial charge in [-0.2, -0.15) is 0 Å². The molecule has 1 atom stereocenters. The fourth-order valence-electron chi connectivity index (χ4n) is 2.06. The van der Waals surface area contributed by atoms with Crippen LogP contribution < -0.4 is 5.32 Å². The molecule has 0 saturated heterocycles. The van der Waals surface area contributed by atoms with E-state index in [2.05, 4.69) is 5.32 Å². The summed E-state index contributed by atoms with van der Waals surface area (Å²) in [6, 6.07) is 0.383. The van der Waals surface area contributed by atoms with Gasteiger partial charge >= 0.3 is 0 Å². The van der Waals surface area contributed by atoms with Crippen LogP contribution in [0.1, 0.15) is 58.3 Å². The lowest BCUT2D eigenvalue weighted by Crippen LogP contribution is -2.34. The van der Waals surface area contributed by atoms with E-state index in [4.69, 9.17) is 5.11 Å². The van der Waals surface area contributed by atoms with Crippen molar-refractivity contribution in [1.82, 2.24) is 5.32 Å². The van der Waals surface area contributed by atoms with Crippen LogP contribution in [0.5, 0.6) is 0 Å². The van der Waals surface area contributed by atoms with Crippen LogP contribution in [-0.2, 0) is 4.79 Å². The maximum absolute atomic E-state index is 11.5. The third kappa shape index (κ3) is 5.78. The molecule has 88 valence electrons. The predicted molar refractivity (Wildman–Crippen MR) is 60.5 cm³/mol. The molecule has 1 aliphatic carbocycles. The van der Waals surface area contributed by atoms with E-state index in [-0.39, 0.29) is 12.0 Å². The van der Waals surface area contributed by atoms with Crippen molar-refractivity contribution in [3.8, 4) is 0 Å². The second-order valence-corrected chi connectivity index (χ2v) is 4.64.